The predicted molar refractivity (Wildman–Crippen MR) is 95.1 cm³/mol. The van der Waals surface area contributed by atoms with E-state index >= 15 is 0 Å². The highest BCUT2D eigenvalue weighted by Gasteiger charge is 2.23. The van der Waals surface area contributed by atoms with Gasteiger partial charge in [0.15, 0.2) is 0 Å². The molecule has 0 atom stereocenters. The molecule has 2 aliphatic rings. The summed E-state index contributed by atoms with van der Waals surface area (Å²) < 4.78 is 13.2. The number of morpholine rings is 1. The molecule has 1 aromatic carbocycles. The van der Waals surface area contributed by atoms with Gasteiger partial charge in [-0.05, 0) is 30.3 Å². The fourth-order valence-electron chi connectivity index (χ4n) is 3.42. The first-order valence-electron chi connectivity index (χ1n) is 8.71. The second kappa shape index (κ2) is 6.80. The Hall–Kier alpha value is -2.47. The summed E-state index contributed by atoms with van der Waals surface area (Å²) in [7, 11) is 1.89. The maximum atomic E-state index is 12.9. The summed E-state index contributed by atoms with van der Waals surface area (Å²) in [4.78, 5) is 17.0. The minimum atomic E-state index is 0.0423. The lowest BCUT2D eigenvalue weighted by Crippen LogP contribution is -2.36. The Morgan fingerprint density at radius 1 is 1.08 bits per heavy atom. The van der Waals surface area contributed by atoms with Crippen LogP contribution in [0.25, 0.3) is 0 Å². The molecule has 132 valence electrons. The van der Waals surface area contributed by atoms with Crippen LogP contribution in [0.15, 0.2) is 36.5 Å². The van der Waals surface area contributed by atoms with Gasteiger partial charge in [-0.25, -0.2) is 0 Å². The van der Waals surface area contributed by atoms with Crippen LogP contribution in [-0.4, -0.2) is 54.8 Å². The number of anilines is 1. The Morgan fingerprint density at radius 2 is 1.92 bits per heavy atom. The number of rotatable bonds is 2. The molecule has 0 spiro atoms. The zero-order valence-electron chi connectivity index (χ0n) is 14.5. The van der Waals surface area contributed by atoms with E-state index < -0.39 is 0 Å². The average Bonchev–Trinajstić information content (AvgIpc) is 2.96. The first kappa shape index (κ1) is 16.0. The Bertz CT molecular complexity index is 765. The van der Waals surface area contributed by atoms with E-state index in [-0.39, 0.29) is 5.91 Å². The quantitative estimate of drug-likeness (QED) is 0.837. The number of fused-ring (bicyclic) bond motifs is 1. The highest BCUT2D eigenvalue weighted by Crippen LogP contribution is 2.29. The largest absolute Gasteiger partial charge is 0.491 e. The maximum absolute atomic E-state index is 12.9. The van der Waals surface area contributed by atoms with Crippen molar-refractivity contribution in [2.75, 3.05) is 44.4 Å². The van der Waals surface area contributed by atoms with Gasteiger partial charge in [-0.3, -0.25) is 4.79 Å². The lowest BCUT2D eigenvalue weighted by atomic mass is 10.1. The number of nitrogens with zero attached hydrogens (tertiary/aromatic N) is 3. The zero-order valence-corrected chi connectivity index (χ0v) is 14.5. The van der Waals surface area contributed by atoms with Crippen molar-refractivity contribution in [2.24, 2.45) is 7.05 Å². The van der Waals surface area contributed by atoms with Crippen LogP contribution in [0.2, 0.25) is 0 Å². The Balaban J connectivity index is 1.58. The summed E-state index contributed by atoms with van der Waals surface area (Å²) >= 11 is 0. The topological polar surface area (TPSA) is 46.9 Å². The molecule has 3 heterocycles. The van der Waals surface area contributed by atoms with E-state index in [1.165, 1.54) is 5.69 Å². The number of carbonyl (C=O) groups excluding carboxylic acids is 1. The van der Waals surface area contributed by atoms with E-state index in [0.29, 0.717) is 25.4 Å². The van der Waals surface area contributed by atoms with Crippen LogP contribution in [0, 0.1) is 0 Å². The van der Waals surface area contributed by atoms with Crippen LogP contribution < -0.4 is 9.64 Å². The first-order valence-corrected chi connectivity index (χ1v) is 8.71. The van der Waals surface area contributed by atoms with Gasteiger partial charge in [0.1, 0.15) is 18.1 Å². The third-order valence-electron chi connectivity index (χ3n) is 4.85. The highest BCUT2D eigenvalue weighted by molar-refractivity contribution is 5.92. The van der Waals surface area contributed by atoms with Gasteiger partial charge in [-0.2, -0.15) is 0 Å². The molecule has 1 saturated heterocycles. The van der Waals surface area contributed by atoms with Gasteiger partial charge in [0, 0.05) is 44.1 Å². The summed E-state index contributed by atoms with van der Waals surface area (Å²) in [6, 6.07) is 10.0. The van der Waals surface area contributed by atoms with Gasteiger partial charge in [-0.1, -0.05) is 0 Å². The molecule has 2 aliphatic heterocycles. The third-order valence-corrected chi connectivity index (χ3v) is 4.85. The number of amides is 1. The monoisotopic (exact) mass is 341 g/mol. The normalized spacial score (nSPS) is 17.6. The van der Waals surface area contributed by atoms with E-state index in [1.807, 2.05) is 40.9 Å². The van der Waals surface area contributed by atoms with Crippen molar-refractivity contribution in [3.8, 4) is 5.75 Å². The molecule has 0 aliphatic carbocycles. The summed E-state index contributed by atoms with van der Waals surface area (Å²) in [6.07, 6.45) is 1.89. The van der Waals surface area contributed by atoms with E-state index in [2.05, 4.69) is 17.0 Å². The first-order chi connectivity index (χ1) is 12.2. The minimum Gasteiger partial charge on any atom is -0.491 e. The molecule has 0 N–H and O–H groups in total. The zero-order chi connectivity index (χ0) is 17.2. The summed E-state index contributed by atoms with van der Waals surface area (Å²) in [6.45, 7) is 4.97. The molecule has 6 nitrogen and oxygen atoms in total. The van der Waals surface area contributed by atoms with Gasteiger partial charge in [-0.15, -0.1) is 0 Å². The van der Waals surface area contributed by atoms with Crippen LogP contribution in [0.5, 0.6) is 5.75 Å². The van der Waals surface area contributed by atoms with Crippen molar-refractivity contribution in [3.05, 3.63) is 47.8 Å². The third kappa shape index (κ3) is 3.22. The van der Waals surface area contributed by atoms with E-state index in [1.54, 1.807) is 0 Å². The summed E-state index contributed by atoms with van der Waals surface area (Å²) in [5, 5.41) is 0. The standard InChI is InChI=1S/C19H23N3O3/c1-20-6-2-3-17(20)19(23)22-9-12-25-18-5-4-16(13-15(18)14-22)21-7-10-24-11-8-21/h2-6,13H,7-12,14H2,1H3. The number of aromatic nitrogens is 1. The second-order valence-electron chi connectivity index (χ2n) is 6.47. The van der Waals surface area contributed by atoms with Gasteiger partial charge in [0.25, 0.3) is 5.91 Å². The summed E-state index contributed by atoms with van der Waals surface area (Å²) in [5.41, 5.74) is 2.93. The van der Waals surface area contributed by atoms with Gasteiger partial charge < -0.3 is 23.8 Å². The fraction of sp³-hybridized carbons (Fsp3) is 0.421. The minimum absolute atomic E-state index is 0.0423. The molecule has 1 fully saturated rings. The van der Waals surface area contributed by atoms with Crippen molar-refractivity contribution < 1.29 is 14.3 Å². The average molecular weight is 341 g/mol. The number of benzene rings is 1. The Labute approximate surface area is 147 Å². The molecule has 2 aromatic rings. The predicted octanol–water partition coefficient (Wildman–Crippen LogP) is 1.90. The molecular formula is C19H23N3O3. The lowest BCUT2D eigenvalue weighted by Gasteiger charge is -2.29. The molecule has 0 radical (unpaired) electrons. The molecule has 25 heavy (non-hydrogen) atoms. The number of aryl methyl sites for hydroxylation is 1. The fourth-order valence-corrected chi connectivity index (χ4v) is 3.42. The Kier molecular flexibility index (Phi) is 4.36. The highest BCUT2D eigenvalue weighted by atomic mass is 16.5. The van der Waals surface area contributed by atoms with Crippen molar-refractivity contribution in [2.45, 2.75) is 6.54 Å². The molecule has 1 amide bonds. The Morgan fingerprint density at radius 3 is 2.68 bits per heavy atom. The van der Waals surface area contributed by atoms with Crippen molar-refractivity contribution in [1.82, 2.24) is 9.47 Å². The number of hydrogen-bond acceptors (Lipinski definition) is 4. The van der Waals surface area contributed by atoms with Gasteiger partial charge >= 0.3 is 0 Å². The smallest absolute Gasteiger partial charge is 0.270 e. The van der Waals surface area contributed by atoms with Crippen LogP contribution in [-0.2, 0) is 18.3 Å². The second-order valence-corrected chi connectivity index (χ2v) is 6.47. The molecule has 0 bridgehead atoms. The van der Waals surface area contributed by atoms with E-state index in [9.17, 15) is 4.79 Å². The van der Waals surface area contributed by atoms with Gasteiger partial charge in [0.05, 0.1) is 19.8 Å². The maximum Gasteiger partial charge on any atom is 0.270 e. The molecule has 0 saturated carbocycles. The molecular weight excluding hydrogens is 318 g/mol. The van der Waals surface area contributed by atoms with E-state index in [0.717, 1.165) is 37.6 Å². The van der Waals surface area contributed by atoms with Crippen LogP contribution in [0.4, 0.5) is 5.69 Å². The van der Waals surface area contributed by atoms with Crippen molar-refractivity contribution in [1.29, 1.82) is 0 Å². The molecule has 4 rings (SSSR count). The SMILES string of the molecule is Cn1cccc1C(=O)N1CCOc2ccc(N3CCOCC3)cc2C1. The van der Waals surface area contributed by atoms with Crippen molar-refractivity contribution >= 4 is 11.6 Å². The van der Waals surface area contributed by atoms with Crippen molar-refractivity contribution in [3.63, 3.8) is 0 Å². The van der Waals surface area contributed by atoms with Crippen LogP contribution in [0.3, 0.4) is 0 Å². The van der Waals surface area contributed by atoms with Crippen LogP contribution >= 0.6 is 0 Å². The van der Waals surface area contributed by atoms with Gasteiger partial charge in [0.2, 0.25) is 0 Å². The number of carbonyl (C=O) groups is 1. The van der Waals surface area contributed by atoms with Crippen LogP contribution in [0.1, 0.15) is 16.1 Å². The summed E-state index contributed by atoms with van der Waals surface area (Å²) in [5.74, 6) is 0.917. The number of hydrogen-bond donors (Lipinski definition) is 0. The molecule has 0 unspecified atom stereocenters. The molecule has 1 aromatic heterocycles. The lowest BCUT2D eigenvalue weighted by molar-refractivity contribution is 0.0723. The number of ether oxygens (including phenoxy) is 2. The van der Waals surface area contributed by atoms with E-state index in [4.69, 9.17) is 9.47 Å². The molecule has 6 heteroatoms.